The van der Waals surface area contributed by atoms with E-state index in [1.807, 2.05) is 13.8 Å². The standard InChI is InChI=1S/C13H22O6/c1-13(2)18-10-8(7-16-9-5-4-6-15-9)17-12(14-3)11(10)19-13/h8-12H,4-7H2,1-3H3/t8-,9?,10-,11-,12-/m1/s1. The summed E-state index contributed by atoms with van der Waals surface area (Å²) in [5.41, 5.74) is 0. The molecule has 0 spiro atoms. The first-order valence-corrected chi connectivity index (χ1v) is 6.86. The summed E-state index contributed by atoms with van der Waals surface area (Å²) in [6.45, 7) is 5.01. The lowest BCUT2D eigenvalue weighted by atomic mass is 10.1. The highest BCUT2D eigenvalue weighted by Crippen LogP contribution is 2.39. The Kier molecular flexibility index (Phi) is 3.81. The molecule has 110 valence electrons. The van der Waals surface area contributed by atoms with Gasteiger partial charge < -0.3 is 28.4 Å². The molecule has 0 aliphatic carbocycles. The van der Waals surface area contributed by atoms with Crippen LogP contribution in [0, 0.1) is 0 Å². The Morgan fingerprint density at radius 2 is 2.00 bits per heavy atom. The Morgan fingerprint density at radius 1 is 1.21 bits per heavy atom. The summed E-state index contributed by atoms with van der Waals surface area (Å²) in [6, 6.07) is 0. The molecule has 3 fully saturated rings. The fourth-order valence-electron chi connectivity index (χ4n) is 2.85. The maximum atomic E-state index is 5.88. The quantitative estimate of drug-likeness (QED) is 0.763. The zero-order chi connectivity index (χ0) is 13.5. The molecule has 6 nitrogen and oxygen atoms in total. The van der Waals surface area contributed by atoms with Crippen molar-refractivity contribution in [1.29, 1.82) is 0 Å². The van der Waals surface area contributed by atoms with Crippen LogP contribution < -0.4 is 0 Å². The molecule has 0 radical (unpaired) electrons. The molecule has 0 amide bonds. The van der Waals surface area contributed by atoms with E-state index in [9.17, 15) is 0 Å². The van der Waals surface area contributed by atoms with Crippen LogP contribution >= 0.6 is 0 Å². The van der Waals surface area contributed by atoms with E-state index in [4.69, 9.17) is 28.4 Å². The van der Waals surface area contributed by atoms with E-state index in [0.29, 0.717) is 6.61 Å². The van der Waals surface area contributed by atoms with E-state index in [-0.39, 0.29) is 24.6 Å². The Labute approximate surface area is 113 Å². The average molecular weight is 274 g/mol. The second-order valence-electron chi connectivity index (χ2n) is 5.62. The maximum Gasteiger partial charge on any atom is 0.186 e. The van der Waals surface area contributed by atoms with Crippen LogP contribution in [-0.4, -0.2) is 57.0 Å². The van der Waals surface area contributed by atoms with Gasteiger partial charge in [0.1, 0.15) is 18.3 Å². The third-order valence-electron chi connectivity index (χ3n) is 3.67. The summed E-state index contributed by atoms with van der Waals surface area (Å²) in [6.07, 6.45) is 0.955. The lowest BCUT2D eigenvalue weighted by molar-refractivity contribution is -0.238. The molecule has 0 N–H and O–H groups in total. The highest BCUT2D eigenvalue weighted by Gasteiger charge is 2.55. The molecule has 0 aromatic rings. The normalized spacial score (nSPS) is 44.7. The zero-order valence-corrected chi connectivity index (χ0v) is 11.7. The Morgan fingerprint density at radius 3 is 2.68 bits per heavy atom. The molecule has 0 saturated carbocycles. The summed E-state index contributed by atoms with van der Waals surface area (Å²) in [7, 11) is 1.61. The second-order valence-corrected chi connectivity index (χ2v) is 5.62. The van der Waals surface area contributed by atoms with E-state index < -0.39 is 12.1 Å². The first-order valence-electron chi connectivity index (χ1n) is 6.86. The fraction of sp³-hybridized carbons (Fsp3) is 1.00. The molecule has 0 aromatic heterocycles. The minimum atomic E-state index is -0.599. The van der Waals surface area contributed by atoms with Gasteiger partial charge in [0.2, 0.25) is 0 Å². The van der Waals surface area contributed by atoms with Crippen molar-refractivity contribution in [3.8, 4) is 0 Å². The molecule has 3 aliphatic heterocycles. The summed E-state index contributed by atoms with van der Waals surface area (Å²) < 4.78 is 33.9. The SMILES string of the molecule is CO[C@@H]1O[C@H](COC2CCCO2)[C@H]2OC(C)(C)O[C@@H]12. The van der Waals surface area contributed by atoms with Crippen LogP contribution in [0.5, 0.6) is 0 Å². The molecular weight excluding hydrogens is 252 g/mol. The van der Waals surface area contributed by atoms with Gasteiger partial charge in [0.05, 0.1) is 6.61 Å². The number of ether oxygens (including phenoxy) is 6. The minimum Gasteiger partial charge on any atom is -0.353 e. The van der Waals surface area contributed by atoms with Crippen LogP contribution in [0.25, 0.3) is 0 Å². The molecule has 0 bridgehead atoms. The molecule has 6 heteroatoms. The van der Waals surface area contributed by atoms with Crippen LogP contribution in [0.2, 0.25) is 0 Å². The zero-order valence-electron chi connectivity index (χ0n) is 11.7. The molecule has 3 heterocycles. The third kappa shape index (κ3) is 2.79. The third-order valence-corrected chi connectivity index (χ3v) is 3.67. The molecule has 0 aromatic carbocycles. The molecular formula is C13H22O6. The molecule has 3 saturated heterocycles. The van der Waals surface area contributed by atoms with Gasteiger partial charge in [0.15, 0.2) is 18.4 Å². The predicted octanol–water partition coefficient (Wildman–Crippen LogP) is 1.03. The predicted molar refractivity (Wildman–Crippen MR) is 64.4 cm³/mol. The number of rotatable bonds is 4. The van der Waals surface area contributed by atoms with Crippen molar-refractivity contribution in [3.05, 3.63) is 0 Å². The van der Waals surface area contributed by atoms with Gasteiger partial charge in [-0.2, -0.15) is 0 Å². The van der Waals surface area contributed by atoms with Gasteiger partial charge in [-0.1, -0.05) is 0 Å². The van der Waals surface area contributed by atoms with Crippen LogP contribution in [-0.2, 0) is 28.4 Å². The van der Waals surface area contributed by atoms with Crippen LogP contribution in [0.1, 0.15) is 26.7 Å². The van der Waals surface area contributed by atoms with Gasteiger partial charge in [-0.05, 0) is 20.3 Å². The minimum absolute atomic E-state index is 0.112. The number of hydrogen-bond donors (Lipinski definition) is 0. The van der Waals surface area contributed by atoms with E-state index in [1.165, 1.54) is 0 Å². The summed E-state index contributed by atoms with van der Waals surface area (Å²) in [4.78, 5) is 0. The molecule has 3 rings (SSSR count). The van der Waals surface area contributed by atoms with Crippen molar-refractivity contribution in [3.63, 3.8) is 0 Å². The highest BCUT2D eigenvalue weighted by atomic mass is 16.8. The Balaban J connectivity index is 1.58. The second kappa shape index (κ2) is 5.27. The van der Waals surface area contributed by atoms with Gasteiger partial charge in [-0.25, -0.2) is 0 Å². The number of hydrogen-bond acceptors (Lipinski definition) is 6. The van der Waals surface area contributed by atoms with Crippen LogP contribution in [0.15, 0.2) is 0 Å². The maximum absolute atomic E-state index is 5.88. The molecule has 3 aliphatic rings. The van der Waals surface area contributed by atoms with E-state index in [2.05, 4.69) is 0 Å². The van der Waals surface area contributed by atoms with E-state index in [0.717, 1.165) is 19.4 Å². The van der Waals surface area contributed by atoms with Crippen molar-refractivity contribution in [2.75, 3.05) is 20.3 Å². The van der Waals surface area contributed by atoms with Gasteiger partial charge in [-0.15, -0.1) is 0 Å². The van der Waals surface area contributed by atoms with Crippen molar-refractivity contribution < 1.29 is 28.4 Å². The first-order chi connectivity index (χ1) is 9.09. The summed E-state index contributed by atoms with van der Waals surface area (Å²) >= 11 is 0. The van der Waals surface area contributed by atoms with Crippen LogP contribution in [0.3, 0.4) is 0 Å². The summed E-state index contributed by atoms with van der Waals surface area (Å²) in [5.74, 6) is -0.599. The van der Waals surface area contributed by atoms with E-state index >= 15 is 0 Å². The van der Waals surface area contributed by atoms with Gasteiger partial charge in [-0.3, -0.25) is 0 Å². The first kappa shape index (κ1) is 13.7. The monoisotopic (exact) mass is 274 g/mol. The molecule has 5 atom stereocenters. The van der Waals surface area contributed by atoms with Crippen molar-refractivity contribution in [2.24, 2.45) is 0 Å². The van der Waals surface area contributed by atoms with Crippen molar-refractivity contribution >= 4 is 0 Å². The number of fused-ring (bicyclic) bond motifs is 1. The summed E-state index contributed by atoms with van der Waals surface area (Å²) in [5, 5.41) is 0. The van der Waals surface area contributed by atoms with E-state index in [1.54, 1.807) is 7.11 Å². The smallest absolute Gasteiger partial charge is 0.186 e. The van der Waals surface area contributed by atoms with Crippen LogP contribution in [0.4, 0.5) is 0 Å². The highest BCUT2D eigenvalue weighted by molar-refractivity contribution is 4.95. The van der Waals surface area contributed by atoms with Gasteiger partial charge >= 0.3 is 0 Å². The molecule has 19 heavy (non-hydrogen) atoms. The molecule has 1 unspecified atom stereocenters. The van der Waals surface area contributed by atoms with Gasteiger partial charge in [0.25, 0.3) is 0 Å². The Hall–Kier alpha value is -0.240. The topological polar surface area (TPSA) is 55.4 Å². The lowest BCUT2D eigenvalue weighted by Crippen LogP contribution is -2.34. The largest absolute Gasteiger partial charge is 0.353 e. The Bertz CT molecular complexity index is 314. The fourth-order valence-corrected chi connectivity index (χ4v) is 2.85. The lowest BCUT2D eigenvalue weighted by Gasteiger charge is -2.24. The number of methoxy groups -OCH3 is 1. The van der Waals surface area contributed by atoms with Crippen molar-refractivity contribution in [2.45, 2.75) is 63.4 Å². The average Bonchev–Trinajstić information content (AvgIpc) is 3.02. The van der Waals surface area contributed by atoms with Crippen molar-refractivity contribution in [1.82, 2.24) is 0 Å². The van der Waals surface area contributed by atoms with Gasteiger partial charge in [0, 0.05) is 20.1 Å².